The van der Waals surface area contributed by atoms with Crippen LogP contribution in [0.5, 0.6) is 0 Å². The lowest BCUT2D eigenvalue weighted by Gasteiger charge is -2.08. The van der Waals surface area contributed by atoms with Crippen LogP contribution in [0.25, 0.3) is 0 Å². The fraction of sp³-hybridized carbons (Fsp3) is 0.571. The molecule has 2 aliphatic carbocycles. The number of nitrogen functional groups attached to an aromatic ring is 1. The van der Waals surface area contributed by atoms with Crippen LogP contribution < -0.4 is 11.1 Å². The molecule has 1 aromatic heterocycles. The molecule has 0 radical (unpaired) electrons. The van der Waals surface area contributed by atoms with E-state index < -0.39 is 5.97 Å². The van der Waals surface area contributed by atoms with Crippen LogP contribution in [0.1, 0.15) is 48.6 Å². The summed E-state index contributed by atoms with van der Waals surface area (Å²) in [7, 11) is 0. The maximum atomic E-state index is 12.0. The zero-order chi connectivity index (χ0) is 14.1. The molecule has 2 aliphatic rings. The maximum Gasteiger partial charge on any atom is 0.355 e. The molecule has 0 spiro atoms. The Morgan fingerprint density at radius 2 is 2.10 bits per heavy atom. The molecule has 0 bridgehead atoms. The highest BCUT2D eigenvalue weighted by Crippen LogP contribution is 2.37. The third kappa shape index (κ3) is 3.12. The highest BCUT2D eigenvalue weighted by Gasteiger charge is 2.28. The molecule has 1 heterocycles. The Bertz CT molecular complexity index is 530. The first-order valence-corrected chi connectivity index (χ1v) is 7.07. The van der Waals surface area contributed by atoms with Crippen molar-refractivity contribution < 1.29 is 14.3 Å². The van der Waals surface area contributed by atoms with Crippen molar-refractivity contribution in [1.82, 2.24) is 9.88 Å². The molecule has 6 nitrogen and oxygen atoms in total. The summed E-state index contributed by atoms with van der Waals surface area (Å²) in [4.78, 5) is 23.5. The Labute approximate surface area is 117 Å². The Morgan fingerprint density at radius 3 is 2.75 bits per heavy atom. The van der Waals surface area contributed by atoms with Crippen molar-refractivity contribution in [3.63, 3.8) is 0 Å². The number of carbonyl (C=O) groups is 2. The van der Waals surface area contributed by atoms with E-state index in [-0.39, 0.29) is 18.9 Å². The highest BCUT2D eigenvalue weighted by molar-refractivity contribution is 5.89. The largest absolute Gasteiger partial charge is 0.460 e. The average molecular weight is 277 g/mol. The summed E-state index contributed by atoms with van der Waals surface area (Å²) in [6.45, 7) is 0.104. The van der Waals surface area contributed by atoms with E-state index in [9.17, 15) is 9.59 Å². The lowest BCUT2D eigenvalue weighted by atomic mass is 10.4. The van der Waals surface area contributed by atoms with Crippen LogP contribution >= 0.6 is 0 Å². The molecule has 0 atom stereocenters. The molecule has 3 rings (SSSR count). The number of aromatic nitrogens is 1. The number of nitrogens with one attached hydrogen (secondary N) is 1. The minimum absolute atomic E-state index is 0.0580. The molecule has 2 fully saturated rings. The fourth-order valence-corrected chi connectivity index (χ4v) is 2.16. The van der Waals surface area contributed by atoms with Crippen molar-refractivity contribution in [3.05, 3.63) is 18.0 Å². The van der Waals surface area contributed by atoms with Crippen LogP contribution in [0.15, 0.2) is 12.3 Å². The zero-order valence-electron chi connectivity index (χ0n) is 11.3. The first-order valence-electron chi connectivity index (χ1n) is 7.07. The van der Waals surface area contributed by atoms with E-state index in [1.165, 1.54) is 0 Å². The number of hydrogen-bond donors (Lipinski definition) is 2. The summed E-state index contributed by atoms with van der Waals surface area (Å²) < 4.78 is 7.03. The summed E-state index contributed by atoms with van der Waals surface area (Å²) in [6, 6.07) is 2.34. The van der Waals surface area contributed by atoms with Crippen molar-refractivity contribution in [3.8, 4) is 0 Å². The lowest BCUT2D eigenvalue weighted by Crippen LogP contribution is -2.26. The number of hydrogen-bond acceptors (Lipinski definition) is 4. The van der Waals surface area contributed by atoms with Gasteiger partial charge in [-0.15, -0.1) is 0 Å². The number of anilines is 1. The third-order valence-electron chi connectivity index (χ3n) is 3.52. The van der Waals surface area contributed by atoms with Crippen LogP contribution in [-0.2, 0) is 9.53 Å². The number of amides is 1. The Morgan fingerprint density at radius 1 is 1.35 bits per heavy atom. The number of nitrogens with two attached hydrogens (primary N) is 1. The molecule has 108 valence electrons. The number of carbonyl (C=O) groups excluding carboxylic acids is 2. The van der Waals surface area contributed by atoms with E-state index in [4.69, 9.17) is 10.5 Å². The van der Waals surface area contributed by atoms with Gasteiger partial charge in [-0.3, -0.25) is 4.79 Å². The van der Waals surface area contributed by atoms with Gasteiger partial charge in [0.25, 0.3) is 0 Å². The minimum atomic E-state index is -0.409. The average Bonchev–Trinajstić information content (AvgIpc) is 3.30. The second kappa shape index (κ2) is 5.19. The van der Waals surface area contributed by atoms with E-state index >= 15 is 0 Å². The summed E-state index contributed by atoms with van der Waals surface area (Å²) in [6.07, 6.45) is 6.23. The van der Waals surface area contributed by atoms with Crippen molar-refractivity contribution in [2.45, 2.75) is 44.2 Å². The van der Waals surface area contributed by atoms with Crippen LogP contribution in [0.2, 0.25) is 0 Å². The molecule has 0 aliphatic heterocycles. The number of ether oxygens (including phenoxy) is 1. The van der Waals surface area contributed by atoms with E-state index in [1.54, 1.807) is 12.3 Å². The molecule has 2 saturated carbocycles. The predicted octanol–water partition coefficient (Wildman–Crippen LogP) is 1.23. The topological polar surface area (TPSA) is 86.4 Å². The Balaban J connectivity index is 1.49. The fourth-order valence-electron chi connectivity index (χ4n) is 2.16. The lowest BCUT2D eigenvalue weighted by molar-refractivity contribution is -0.121. The quantitative estimate of drug-likeness (QED) is 0.766. The minimum Gasteiger partial charge on any atom is -0.460 e. The molecule has 6 heteroatoms. The van der Waals surface area contributed by atoms with Crippen molar-refractivity contribution >= 4 is 17.6 Å². The van der Waals surface area contributed by atoms with Crippen LogP contribution in [-0.4, -0.2) is 29.1 Å². The molecule has 3 N–H and O–H groups in total. The molecular weight excluding hydrogens is 258 g/mol. The van der Waals surface area contributed by atoms with Crippen LogP contribution in [0, 0.1) is 0 Å². The predicted molar refractivity (Wildman–Crippen MR) is 73.2 cm³/mol. The summed E-state index contributed by atoms with van der Waals surface area (Å²) >= 11 is 0. The highest BCUT2D eigenvalue weighted by atomic mass is 16.5. The Kier molecular flexibility index (Phi) is 3.38. The maximum absolute atomic E-state index is 12.0. The van der Waals surface area contributed by atoms with Crippen molar-refractivity contribution in [2.24, 2.45) is 0 Å². The molecule has 0 aromatic carbocycles. The molecule has 0 unspecified atom stereocenters. The van der Waals surface area contributed by atoms with E-state index in [1.807, 2.05) is 4.57 Å². The van der Waals surface area contributed by atoms with E-state index in [0.717, 1.165) is 25.7 Å². The molecule has 1 aromatic rings. The van der Waals surface area contributed by atoms with Gasteiger partial charge < -0.3 is 20.4 Å². The SMILES string of the molecule is Nc1cc(C(=O)OCCC(=O)NC2CC2)n(C2CC2)c1. The van der Waals surface area contributed by atoms with Gasteiger partial charge in [-0.05, 0) is 31.7 Å². The van der Waals surface area contributed by atoms with Crippen molar-refractivity contribution in [2.75, 3.05) is 12.3 Å². The Hall–Kier alpha value is -1.98. The second-order valence-electron chi connectivity index (χ2n) is 5.52. The smallest absolute Gasteiger partial charge is 0.355 e. The van der Waals surface area contributed by atoms with Gasteiger partial charge in [0.05, 0.1) is 12.1 Å². The summed E-state index contributed by atoms with van der Waals surface area (Å²) in [5.41, 5.74) is 6.77. The number of rotatable bonds is 6. The monoisotopic (exact) mass is 277 g/mol. The van der Waals surface area contributed by atoms with Gasteiger partial charge in [-0.25, -0.2) is 4.79 Å². The second-order valence-corrected chi connectivity index (χ2v) is 5.52. The van der Waals surface area contributed by atoms with Gasteiger partial charge in [-0.2, -0.15) is 0 Å². The van der Waals surface area contributed by atoms with E-state index in [0.29, 0.717) is 23.5 Å². The van der Waals surface area contributed by atoms with Gasteiger partial charge in [0.15, 0.2) is 0 Å². The van der Waals surface area contributed by atoms with Gasteiger partial charge in [0, 0.05) is 18.3 Å². The van der Waals surface area contributed by atoms with Gasteiger partial charge in [0.1, 0.15) is 12.3 Å². The van der Waals surface area contributed by atoms with Gasteiger partial charge in [0.2, 0.25) is 5.91 Å². The first kappa shape index (κ1) is 13.0. The summed E-state index contributed by atoms with van der Waals surface area (Å²) in [5.74, 6) is -0.467. The van der Waals surface area contributed by atoms with E-state index in [2.05, 4.69) is 5.32 Å². The summed E-state index contributed by atoms with van der Waals surface area (Å²) in [5, 5.41) is 2.86. The molecule has 1 amide bonds. The van der Waals surface area contributed by atoms with Crippen molar-refractivity contribution in [1.29, 1.82) is 0 Å². The molecular formula is C14H19N3O3. The van der Waals surface area contributed by atoms with Crippen LogP contribution in [0.4, 0.5) is 5.69 Å². The standard InChI is InChI=1S/C14H19N3O3/c15-9-7-12(17(8-9)11-3-4-11)14(19)20-6-5-13(18)16-10-1-2-10/h7-8,10-11H,1-6,15H2,(H,16,18). The number of nitrogens with zero attached hydrogens (tertiary/aromatic N) is 1. The van der Waals surface area contributed by atoms with Crippen LogP contribution in [0.3, 0.4) is 0 Å². The molecule has 0 saturated heterocycles. The first-order chi connectivity index (χ1) is 9.63. The van der Waals surface area contributed by atoms with Gasteiger partial charge >= 0.3 is 5.97 Å². The third-order valence-corrected chi connectivity index (χ3v) is 3.52. The molecule has 20 heavy (non-hydrogen) atoms. The normalized spacial score (nSPS) is 17.8. The van der Waals surface area contributed by atoms with Gasteiger partial charge in [-0.1, -0.05) is 0 Å². The zero-order valence-corrected chi connectivity index (χ0v) is 11.3. The number of esters is 1.